The van der Waals surface area contributed by atoms with Gasteiger partial charge in [-0.3, -0.25) is 14.3 Å². The second-order valence-electron chi connectivity index (χ2n) is 7.39. The van der Waals surface area contributed by atoms with Crippen molar-refractivity contribution in [1.82, 2.24) is 29.7 Å². The molecule has 0 bridgehead atoms. The number of benzene rings is 2. The summed E-state index contributed by atoms with van der Waals surface area (Å²) in [6, 6.07) is 19.7. The summed E-state index contributed by atoms with van der Waals surface area (Å²) < 4.78 is 2.08. The molecule has 0 radical (unpaired) electrons. The summed E-state index contributed by atoms with van der Waals surface area (Å²) >= 11 is 1.50. The Morgan fingerprint density at radius 2 is 1.78 bits per heavy atom. The van der Waals surface area contributed by atoms with Crippen molar-refractivity contribution in [2.24, 2.45) is 0 Å². The highest BCUT2D eigenvalue weighted by Gasteiger charge is 2.16. The van der Waals surface area contributed by atoms with Gasteiger partial charge in [0.15, 0.2) is 11.0 Å². The van der Waals surface area contributed by atoms with E-state index in [4.69, 9.17) is 0 Å². The lowest BCUT2D eigenvalue weighted by atomic mass is 10.1. The third kappa shape index (κ3) is 4.04. The molecule has 7 nitrogen and oxygen atoms in total. The number of H-pyrrole nitrogens is 1. The van der Waals surface area contributed by atoms with Crippen LogP contribution in [0.5, 0.6) is 0 Å². The Morgan fingerprint density at radius 1 is 0.969 bits per heavy atom. The average molecular weight is 441 g/mol. The Kier molecular flexibility index (Phi) is 5.51. The van der Waals surface area contributed by atoms with E-state index >= 15 is 0 Å². The van der Waals surface area contributed by atoms with Crippen LogP contribution in [0.25, 0.3) is 22.3 Å². The number of aromatic nitrogens is 6. The molecule has 5 aromatic rings. The van der Waals surface area contributed by atoms with Gasteiger partial charge in [0.2, 0.25) is 0 Å². The summed E-state index contributed by atoms with van der Waals surface area (Å²) in [4.78, 5) is 24.2. The van der Waals surface area contributed by atoms with E-state index in [-0.39, 0.29) is 5.56 Å². The fraction of sp³-hybridized carbons (Fsp3) is 0.125. The van der Waals surface area contributed by atoms with E-state index in [9.17, 15) is 4.79 Å². The number of para-hydroxylation sites is 1. The van der Waals surface area contributed by atoms with Crippen LogP contribution < -0.4 is 5.56 Å². The van der Waals surface area contributed by atoms with Gasteiger partial charge in [-0.2, -0.15) is 0 Å². The quantitative estimate of drug-likeness (QED) is 0.398. The molecule has 0 saturated heterocycles. The molecule has 0 fully saturated rings. The molecule has 0 saturated carbocycles. The highest BCUT2D eigenvalue weighted by molar-refractivity contribution is 7.98. The number of hydrogen-bond acceptors (Lipinski definition) is 6. The minimum absolute atomic E-state index is 0.127. The predicted molar refractivity (Wildman–Crippen MR) is 125 cm³/mol. The van der Waals surface area contributed by atoms with E-state index in [1.54, 1.807) is 18.5 Å². The first-order valence-electron chi connectivity index (χ1n) is 10.2. The lowest BCUT2D eigenvalue weighted by molar-refractivity contribution is 0.714. The third-order valence-corrected chi connectivity index (χ3v) is 6.14. The molecule has 158 valence electrons. The lowest BCUT2D eigenvalue weighted by Gasteiger charge is -2.10. The SMILES string of the molecule is Cc1cccc2c(=O)[nH]c(CSc3nnc(-c4ccncc4)n3Cc3ccccc3)nc12. The maximum absolute atomic E-state index is 12.5. The summed E-state index contributed by atoms with van der Waals surface area (Å²) in [5.74, 6) is 1.86. The Balaban J connectivity index is 1.49. The van der Waals surface area contributed by atoms with Crippen molar-refractivity contribution in [3.05, 3.63) is 100 Å². The van der Waals surface area contributed by atoms with E-state index in [1.165, 1.54) is 11.8 Å². The van der Waals surface area contributed by atoms with Crippen molar-refractivity contribution < 1.29 is 0 Å². The van der Waals surface area contributed by atoms with E-state index < -0.39 is 0 Å². The van der Waals surface area contributed by atoms with Crippen LogP contribution in [0.4, 0.5) is 0 Å². The monoisotopic (exact) mass is 440 g/mol. The van der Waals surface area contributed by atoms with Crippen LogP contribution in [-0.2, 0) is 12.3 Å². The highest BCUT2D eigenvalue weighted by atomic mass is 32.2. The Hall–Kier alpha value is -3.78. The van der Waals surface area contributed by atoms with Gasteiger partial charge in [-0.1, -0.05) is 54.2 Å². The Morgan fingerprint density at radius 3 is 2.59 bits per heavy atom. The number of nitrogens with zero attached hydrogens (tertiary/aromatic N) is 5. The first-order valence-corrected chi connectivity index (χ1v) is 11.2. The minimum atomic E-state index is -0.127. The third-order valence-electron chi connectivity index (χ3n) is 5.16. The van der Waals surface area contributed by atoms with Gasteiger partial charge in [-0.15, -0.1) is 10.2 Å². The molecule has 5 rings (SSSR count). The zero-order valence-electron chi connectivity index (χ0n) is 17.4. The van der Waals surface area contributed by atoms with E-state index in [1.807, 2.05) is 49.4 Å². The largest absolute Gasteiger partial charge is 0.309 e. The van der Waals surface area contributed by atoms with Crippen molar-refractivity contribution in [2.45, 2.75) is 24.4 Å². The van der Waals surface area contributed by atoms with Crippen molar-refractivity contribution >= 4 is 22.7 Å². The molecule has 3 aromatic heterocycles. The van der Waals surface area contributed by atoms with Gasteiger partial charge >= 0.3 is 0 Å². The summed E-state index contributed by atoms with van der Waals surface area (Å²) in [6.07, 6.45) is 3.49. The number of pyridine rings is 1. The first-order chi connectivity index (χ1) is 15.7. The fourth-order valence-corrected chi connectivity index (χ4v) is 4.38. The van der Waals surface area contributed by atoms with Gasteiger partial charge in [-0.25, -0.2) is 4.98 Å². The molecule has 0 spiro atoms. The van der Waals surface area contributed by atoms with Gasteiger partial charge in [0.25, 0.3) is 5.56 Å². The molecule has 32 heavy (non-hydrogen) atoms. The van der Waals surface area contributed by atoms with Crippen LogP contribution in [0, 0.1) is 6.92 Å². The lowest BCUT2D eigenvalue weighted by Crippen LogP contribution is -2.12. The maximum atomic E-state index is 12.5. The Labute approximate surface area is 188 Å². The average Bonchev–Trinajstić information content (AvgIpc) is 3.22. The molecule has 0 atom stereocenters. The summed E-state index contributed by atoms with van der Waals surface area (Å²) in [6.45, 7) is 2.60. The number of nitrogens with one attached hydrogen (secondary N) is 1. The summed E-state index contributed by atoms with van der Waals surface area (Å²) in [7, 11) is 0. The van der Waals surface area contributed by atoms with E-state index in [0.717, 1.165) is 33.2 Å². The van der Waals surface area contributed by atoms with Crippen LogP contribution in [0.3, 0.4) is 0 Å². The van der Waals surface area contributed by atoms with Gasteiger partial charge in [0.1, 0.15) is 5.82 Å². The number of fused-ring (bicyclic) bond motifs is 1. The van der Waals surface area contributed by atoms with E-state index in [2.05, 4.69) is 41.8 Å². The number of hydrogen-bond donors (Lipinski definition) is 1. The molecule has 0 aliphatic rings. The molecular weight excluding hydrogens is 420 g/mol. The second kappa shape index (κ2) is 8.76. The number of aryl methyl sites for hydroxylation is 1. The van der Waals surface area contributed by atoms with Crippen molar-refractivity contribution in [2.75, 3.05) is 0 Å². The van der Waals surface area contributed by atoms with Crippen molar-refractivity contribution in [3.8, 4) is 11.4 Å². The molecule has 8 heteroatoms. The summed E-state index contributed by atoms with van der Waals surface area (Å²) in [5, 5.41) is 10.3. The molecule has 3 heterocycles. The predicted octanol–water partition coefficient (Wildman–Crippen LogP) is 4.23. The molecule has 0 amide bonds. The highest BCUT2D eigenvalue weighted by Crippen LogP contribution is 2.26. The normalized spacial score (nSPS) is 11.2. The van der Waals surface area contributed by atoms with E-state index in [0.29, 0.717) is 23.5 Å². The van der Waals surface area contributed by atoms with Gasteiger partial charge in [0, 0.05) is 18.0 Å². The van der Waals surface area contributed by atoms with Crippen LogP contribution in [0.2, 0.25) is 0 Å². The van der Waals surface area contributed by atoms with Gasteiger partial charge < -0.3 is 4.98 Å². The molecule has 2 aromatic carbocycles. The maximum Gasteiger partial charge on any atom is 0.258 e. The molecule has 0 unspecified atom stereocenters. The van der Waals surface area contributed by atoms with Crippen LogP contribution in [0.1, 0.15) is 17.0 Å². The molecular formula is C24H20N6OS. The molecule has 1 N–H and O–H groups in total. The first kappa shape index (κ1) is 20.1. The smallest absolute Gasteiger partial charge is 0.258 e. The van der Waals surface area contributed by atoms with Crippen molar-refractivity contribution in [3.63, 3.8) is 0 Å². The number of aromatic amines is 1. The zero-order chi connectivity index (χ0) is 21.9. The summed E-state index contributed by atoms with van der Waals surface area (Å²) in [5.41, 5.74) is 3.68. The second-order valence-corrected chi connectivity index (χ2v) is 8.33. The van der Waals surface area contributed by atoms with Gasteiger partial charge in [-0.05, 0) is 36.2 Å². The van der Waals surface area contributed by atoms with Gasteiger partial charge in [0.05, 0.1) is 23.2 Å². The molecule has 0 aliphatic carbocycles. The number of rotatable bonds is 6. The standard InChI is InChI=1S/C24H20N6OS/c1-16-6-5-9-19-21(16)26-20(27-23(19)31)15-32-24-29-28-22(18-10-12-25-13-11-18)30(24)14-17-7-3-2-4-8-17/h2-13H,14-15H2,1H3,(H,26,27,31). The van der Waals surface area contributed by atoms with Crippen molar-refractivity contribution in [1.29, 1.82) is 0 Å². The molecule has 0 aliphatic heterocycles. The van der Waals surface area contributed by atoms with Crippen LogP contribution >= 0.6 is 11.8 Å². The zero-order valence-corrected chi connectivity index (χ0v) is 18.2. The Bertz CT molecular complexity index is 1430. The van der Waals surface area contributed by atoms with Crippen LogP contribution in [0.15, 0.2) is 83.0 Å². The van der Waals surface area contributed by atoms with Crippen LogP contribution in [-0.4, -0.2) is 29.7 Å². The number of thioether (sulfide) groups is 1. The fourth-order valence-electron chi connectivity index (χ4n) is 3.57. The topological polar surface area (TPSA) is 89.4 Å². The minimum Gasteiger partial charge on any atom is -0.309 e.